The highest BCUT2D eigenvalue weighted by molar-refractivity contribution is 7.16. The summed E-state index contributed by atoms with van der Waals surface area (Å²) in [4.78, 5) is 19.7. The number of nitrogens with one attached hydrogen (secondary N) is 1. The summed E-state index contributed by atoms with van der Waals surface area (Å²) < 4.78 is 11.9. The Balaban J connectivity index is 1.21. The van der Waals surface area contributed by atoms with Gasteiger partial charge in [0.2, 0.25) is 0 Å². The standard InChI is InChI=1S/C34H36N2O3S/c1-38-30-20-23(18-19-29(30)39-22-25-12-9-11-24-10-5-6-15-27(24)25)21-35-34-32(28-16-7-8-17-31(28)40-34)33(37)36-26-13-3-2-4-14-26/h5-6,9-12,15,18-21,26H,2-4,7-8,13-14,16-17,22H2,1H3,(H,36,37). The van der Waals surface area contributed by atoms with E-state index >= 15 is 0 Å². The normalized spacial score (nSPS) is 15.7. The maximum atomic E-state index is 13.5. The number of carbonyl (C=O) groups is 1. The zero-order chi connectivity index (χ0) is 27.3. The van der Waals surface area contributed by atoms with E-state index in [0.717, 1.165) is 53.8 Å². The number of ether oxygens (including phenoxy) is 2. The fraction of sp³-hybridized carbons (Fsp3) is 0.353. The fourth-order valence-corrected chi connectivity index (χ4v) is 7.20. The van der Waals surface area contributed by atoms with E-state index in [1.165, 1.54) is 46.9 Å². The molecule has 6 rings (SSSR count). The first kappa shape index (κ1) is 26.6. The highest BCUT2D eigenvalue weighted by Crippen LogP contribution is 2.40. The molecule has 40 heavy (non-hydrogen) atoms. The van der Waals surface area contributed by atoms with E-state index in [0.29, 0.717) is 18.1 Å². The molecule has 1 amide bonds. The Morgan fingerprint density at radius 1 is 0.975 bits per heavy atom. The minimum absolute atomic E-state index is 0.0493. The van der Waals surface area contributed by atoms with Crippen LogP contribution < -0.4 is 14.8 Å². The molecule has 206 valence electrons. The van der Waals surface area contributed by atoms with Gasteiger partial charge in [0.05, 0.1) is 12.7 Å². The van der Waals surface area contributed by atoms with Crippen molar-refractivity contribution in [2.75, 3.05) is 7.11 Å². The van der Waals surface area contributed by atoms with Gasteiger partial charge in [-0.25, -0.2) is 4.99 Å². The number of nitrogens with zero attached hydrogens (tertiary/aromatic N) is 1. The van der Waals surface area contributed by atoms with E-state index in [-0.39, 0.29) is 11.9 Å². The Labute approximate surface area is 240 Å². The zero-order valence-corrected chi connectivity index (χ0v) is 23.9. The summed E-state index contributed by atoms with van der Waals surface area (Å²) >= 11 is 1.68. The number of hydrogen-bond acceptors (Lipinski definition) is 5. The van der Waals surface area contributed by atoms with Gasteiger partial charge in [-0.05, 0) is 84.2 Å². The van der Waals surface area contributed by atoms with Crippen LogP contribution >= 0.6 is 11.3 Å². The summed E-state index contributed by atoms with van der Waals surface area (Å²) in [6, 6.07) is 20.7. The number of carbonyl (C=O) groups excluding carboxylic acids is 1. The first-order chi connectivity index (χ1) is 19.7. The minimum Gasteiger partial charge on any atom is -0.493 e. The lowest BCUT2D eigenvalue weighted by atomic mass is 9.93. The molecule has 1 saturated carbocycles. The monoisotopic (exact) mass is 552 g/mol. The van der Waals surface area contributed by atoms with Crippen molar-refractivity contribution in [3.63, 3.8) is 0 Å². The maximum absolute atomic E-state index is 13.5. The second kappa shape index (κ2) is 12.3. The summed E-state index contributed by atoms with van der Waals surface area (Å²) in [5, 5.41) is 6.53. The number of hydrogen-bond donors (Lipinski definition) is 1. The topological polar surface area (TPSA) is 59.9 Å². The molecule has 1 aromatic heterocycles. The highest BCUT2D eigenvalue weighted by Gasteiger charge is 2.27. The first-order valence-corrected chi connectivity index (χ1v) is 15.3. The molecule has 1 N–H and O–H groups in total. The van der Waals surface area contributed by atoms with Gasteiger partial charge >= 0.3 is 0 Å². The molecule has 0 aliphatic heterocycles. The second-order valence-electron chi connectivity index (χ2n) is 10.8. The fourth-order valence-electron chi connectivity index (χ4n) is 5.97. The summed E-state index contributed by atoms with van der Waals surface area (Å²) in [6.07, 6.45) is 12.0. The summed E-state index contributed by atoms with van der Waals surface area (Å²) in [6.45, 7) is 0.450. The van der Waals surface area contributed by atoms with Crippen LogP contribution in [0.1, 0.15) is 76.9 Å². The maximum Gasteiger partial charge on any atom is 0.254 e. The van der Waals surface area contributed by atoms with Gasteiger partial charge in [0.1, 0.15) is 11.6 Å². The van der Waals surface area contributed by atoms with E-state index in [1.54, 1.807) is 18.4 Å². The summed E-state index contributed by atoms with van der Waals surface area (Å²) in [5.74, 6) is 1.39. The van der Waals surface area contributed by atoms with Gasteiger partial charge in [-0.1, -0.05) is 61.7 Å². The molecule has 4 aromatic rings. The van der Waals surface area contributed by atoms with Crippen molar-refractivity contribution in [3.8, 4) is 11.5 Å². The van der Waals surface area contributed by atoms with Gasteiger partial charge in [-0.15, -0.1) is 11.3 Å². The van der Waals surface area contributed by atoms with Crippen LogP contribution in [0.25, 0.3) is 10.8 Å². The molecule has 0 radical (unpaired) electrons. The quantitative estimate of drug-likeness (QED) is 0.224. The van der Waals surface area contributed by atoms with E-state index in [4.69, 9.17) is 14.5 Å². The molecule has 0 unspecified atom stereocenters. The molecule has 0 saturated heterocycles. The largest absolute Gasteiger partial charge is 0.493 e. The molecule has 1 heterocycles. The van der Waals surface area contributed by atoms with Crippen molar-refractivity contribution >= 4 is 39.2 Å². The average Bonchev–Trinajstić information content (AvgIpc) is 3.38. The lowest BCUT2D eigenvalue weighted by Crippen LogP contribution is -2.36. The predicted molar refractivity (Wildman–Crippen MR) is 164 cm³/mol. The third-order valence-electron chi connectivity index (χ3n) is 8.10. The highest BCUT2D eigenvalue weighted by atomic mass is 32.1. The van der Waals surface area contributed by atoms with Crippen molar-refractivity contribution in [3.05, 3.63) is 87.8 Å². The molecule has 0 bridgehead atoms. The van der Waals surface area contributed by atoms with Gasteiger partial charge in [0.25, 0.3) is 5.91 Å². The molecule has 0 spiro atoms. The molecule has 5 nitrogen and oxygen atoms in total. The number of fused-ring (bicyclic) bond motifs is 2. The van der Waals surface area contributed by atoms with Crippen LogP contribution in [0.4, 0.5) is 5.00 Å². The molecular weight excluding hydrogens is 516 g/mol. The van der Waals surface area contributed by atoms with E-state index in [2.05, 4.69) is 41.7 Å². The van der Waals surface area contributed by atoms with Gasteiger partial charge in [0, 0.05) is 17.1 Å². The van der Waals surface area contributed by atoms with Gasteiger partial charge in [-0.3, -0.25) is 4.79 Å². The van der Waals surface area contributed by atoms with Gasteiger partial charge < -0.3 is 14.8 Å². The lowest BCUT2D eigenvalue weighted by molar-refractivity contribution is 0.0927. The number of amides is 1. The van der Waals surface area contributed by atoms with Crippen LogP contribution in [-0.4, -0.2) is 25.3 Å². The van der Waals surface area contributed by atoms with Crippen molar-refractivity contribution < 1.29 is 14.3 Å². The molecular formula is C34H36N2O3S. The number of rotatable bonds is 8. The van der Waals surface area contributed by atoms with Crippen LogP contribution in [-0.2, 0) is 19.4 Å². The lowest BCUT2D eigenvalue weighted by Gasteiger charge is -2.23. The number of thiophene rings is 1. The molecule has 1 fully saturated rings. The molecule has 2 aliphatic carbocycles. The van der Waals surface area contributed by atoms with E-state index in [1.807, 2.05) is 30.5 Å². The first-order valence-electron chi connectivity index (χ1n) is 14.5. The Hall–Kier alpha value is -3.64. The summed E-state index contributed by atoms with van der Waals surface area (Å²) in [5.41, 5.74) is 4.04. The zero-order valence-electron chi connectivity index (χ0n) is 23.1. The molecule has 3 aromatic carbocycles. The van der Waals surface area contributed by atoms with Crippen LogP contribution in [0.2, 0.25) is 0 Å². The third-order valence-corrected chi connectivity index (χ3v) is 9.30. The smallest absolute Gasteiger partial charge is 0.254 e. The van der Waals surface area contributed by atoms with E-state index in [9.17, 15) is 4.79 Å². The average molecular weight is 553 g/mol. The Morgan fingerprint density at radius 3 is 2.67 bits per heavy atom. The summed E-state index contributed by atoms with van der Waals surface area (Å²) in [7, 11) is 1.65. The van der Waals surface area contributed by atoms with Crippen LogP contribution in [0.3, 0.4) is 0 Å². The third kappa shape index (κ3) is 5.78. The van der Waals surface area contributed by atoms with Crippen molar-refractivity contribution in [2.24, 2.45) is 4.99 Å². The number of aliphatic imine (C=N–C) groups is 1. The number of methoxy groups -OCH3 is 1. The molecule has 0 atom stereocenters. The Morgan fingerprint density at radius 2 is 1.80 bits per heavy atom. The number of benzene rings is 3. The number of aryl methyl sites for hydroxylation is 1. The van der Waals surface area contributed by atoms with Crippen molar-refractivity contribution in [1.82, 2.24) is 5.32 Å². The van der Waals surface area contributed by atoms with Crippen molar-refractivity contribution in [2.45, 2.75) is 70.4 Å². The van der Waals surface area contributed by atoms with Gasteiger partial charge in [0.15, 0.2) is 11.5 Å². The predicted octanol–water partition coefficient (Wildman–Crippen LogP) is 8.18. The van der Waals surface area contributed by atoms with Gasteiger partial charge in [-0.2, -0.15) is 0 Å². The van der Waals surface area contributed by atoms with Crippen LogP contribution in [0.15, 0.2) is 65.7 Å². The molecule has 2 aliphatic rings. The van der Waals surface area contributed by atoms with Crippen LogP contribution in [0, 0.1) is 0 Å². The Bertz CT molecular complexity index is 1530. The van der Waals surface area contributed by atoms with Crippen LogP contribution in [0.5, 0.6) is 11.5 Å². The van der Waals surface area contributed by atoms with E-state index < -0.39 is 0 Å². The van der Waals surface area contributed by atoms with Crippen molar-refractivity contribution in [1.29, 1.82) is 0 Å². The Kier molecular flexibility index (Phi) is 8.14. The second-order valence-corrected chi connectivity index (χ2v) is 11.9. The SMILES string of the molecule is COc1cc(C=Nc2sc3c(c2C(=O)NC2CCCCC2)CCCC3)ccc1OCc1cccc2ccccc12. The molecule has 6 heteroatoms. The minimum atomic E-state index is 0.0493.